The van der Waals surface area contributed by atoms with Gasteiger partial charge in [0.15, 0.2) is 0 Å². The topological polar surface area (TPSA) is 145 Å². The molecule has 196 valence electrons. The van der Waals surface area contributed by atoms with Crippen LogP contribution in [0.15, 0.2) is 77.8 Å². The van der Waals surface area contributed by atoms with Crippen LogP contribution in [-0.4, -0.2) is 59.3 Å². The number of rotatable bonds is 9. The Kier molecular flexibility index (Phi) is 6.87. The molecule has 1 amide bonds. The van der Waals surface area contributed by atoms with Crippen molar-refractivity contribution in [2.45, 2.75) is 30.4 Å². The molecule has 0 spiro atoms. The minimum Gasteiger partial charge on any atom is -0.497 e. The van der Waals surface area contributed by atoms with Gasteiger partial charge in [-0.3, -0.25) is 15.3 Å². The zero-order chi connectivity index (χ0) is 26.9. The van der Waals surface area contributed by atoms with Crippen LogP contribution in [0.2, 0.25) is 0 Å². The second kappa shape index (κ2) is 10.3. The number of fused-ring (bicyclic) bond motifs is 1. The third-order valence-corrected chi connectivity index (χ3v) is 8.59. The molecule has 1 aliphatic rings. The predicted octanol–water partition coefficient (Wildman–Crippen LogP) is 2.85. The number of carbonyl (C=O) groups excluding carboxylic acids is 1. The Hall–Kier alpha value is -4.22. The van der Waals surface area contributed by atoms with Gasteiger partial charge in [-0.25, -0.2) is 8.42 Å². The molecule has 1 saturated heterocycles. The van der Waals surface area contributed by atoms with Crippen LogP contribution in [0.1, 0.15) is 23.2 Å². The lowest BCUT2D eigenvalue weighted by Crippen LogP contribution is -2.44. The van der Waals surface area contributed by atoms with Gasteiger partial charge in [-0.05, 0) is 59.2 Å². The number of nitrogens with two attached hydrogens (primary N) is 1. The van der Waals surface area contributed by atoms with E-state index in [1.807, 2.05) is 18.2 Å². The number of likely N-dealkylation sites (tertiary alicyclic amines) is 1. The highest BCUT2D eigenvalue weighted by Crippen LogP contribution is 2.30. The maximum atomic E-state index is 14.0. The summed E-state index contributed by atoms with van der Waals surface area (Å²) in [6, 6.07) is 18.4. The van der Waals surface area contributed by atoms with Gasteiger partial charge in [0.1, 0.15) is 17.6 Å². The van der Waals surface area contributed by atoms with Crippen molar-refractivity contribution in [3.63, 3.8) is 0 Å². The molecular formula is C27H28N6O4S. The maximum absolute atomic E-state index is 14.0. The van der Waals surface area contributed by atoms with Gasteiger partial charge in [-0.1, -0.05) is 30.3 Å². The first-order valence-corrected chi connectivity index (χ1v) is 13.5. The van der Waals surface area contributed by atoms with Gasteiger partial charge >= 0.3 is 0 Å². The van der Waals surface area contributed by atoms with Crippen molar-refractivity contribution in [2.75, 3.05) is 13.7 Å². The van der Waals surface area contributed by atoms with Crippen LogP contribution in [0.3, 0.4) is 0 Å². The van der Waals surface area contributed by atoms with E-state index in [0.717, 1.165) is 16.3 Å². The van der Waals surface area contributed by atoms with Crippen molar-refractivity contribution in [3.8, 4) is 5.75 Å². The minimum atomic E-state index is -4.07. The molecule has 4 aromatic rings. The van der Waals surface area contributed by atoms with E-state index in [0.29, 0.717) is 36.5 Å². The first kappa shape index (κ1) is 25.4. The van der Waals surface area contributed by atoms with Crippen molar-refractivity contribution in [1.29, 1.82) is 5.41 Å². The quantitative estimate of drug-likeness (QED) is 0.223. The Balaban J connectivity index is 1.47. The van der Waals surface area contributed by atoms with E-state index in [1.54, 1.807) is 66.7 Å². The van der Waals surface area contributed by atoms with Gasteiger partial charge in [0.2, 0.25) is 15.9 Å². The van der Waals surface area contributed by atoms with Crippen LogP contribution in [0, 0.1) is 5.41 Å². The fourth-order valence-corrected chi connectivity index (χ4v) is 6.36. The summed E-state index contributed by atoms with van der Waals surface area (Å²) < 4.78 is 34.6. The van der Waals surface area contributed by atoms with Crippen LogP contribution in [0.5, 0.6) is 5.75 Å². The summed E-state index contributed by atoms with van der Waals surface area (Å²) in [5.74, 6) is 0.294. The van der Waals surface area contributed by atoms with Gasteiger partial charge in [0.25, 0.3) is 0 Å². The molecule has 1 aromatic heterocycles. The number of ether oxygens (including phenoxy) is 1. The number of hydrogen-bond donors (Lipinski definition) is 3. The van der Waals surface area contributed by atoms with E-state index < -0.39 is 16.1 Å². The van der Waals surface area contributed by atoms with Crippen molar-refractivity contribution in [2.24, 2.45) is 5.73 Å². The number of aromatic amines is 1. The zero-order valence-corrected chi connectivity index (χ0v) is 21.6. The number of H-pyrrole nitrogens is 1. The summed E-state index contributed by atoms with van der Waals surface area (Å²) in [4.78, 5) is 15.3. The third kappa shape index (κ3) is 4.98. The Morgan fingerprint density at radius 3 is 2.71 bits per heavy atom. The molecule has 5 rings (SSSR count). The Bertz CT molecular complexity index is 1600. The number of amidine groups is 1. The maximum Gasteiger partial charge on any atom is 0.244 e. The molecule has 11 heteroatoms. The Morgan fingerprint density at radius 1 is 1.16 bits per heavy atom. The van der Waals surface area contributed by atoms with Gasteiger partial charge in [-0.15, -0.1) is 0 Å². The molecule has 1 aliphatic heterocycles. The number of carbonyl (C=O) groups is 1. The highest BCUT2D eigenvalue weighted by atomic mass is 32.2. The van der Waals surface area contributed by atoms with Crippen LogP contribution in [0.25, 0.3) is 10.8 Å². The van der Waals surface area contributed by atoms with Crippen LogP contribution in [-0.2, 0) is 27.9 Å². The largest absolute Gasteiger partial charge is 0.497 e. The second-order valence-electron chi connectivity index (χ2n) is 9.19. The number of aromatic nitrogens is 2. The molecule has 1 fully saturated rings. The Morgan fingerprint density at radius 2 is 1.97 bits per heavy atom. The fraction of sp³-hybridized carbons (Fsp3) is 0.222. The monoisotopic (exact) mass is 532 g/mol. The lowest BCUT2D eigenvalue weighted by molar-refractivity contribution is -0.131. The molecular weight excluding hydrogens is 504 g/mol. The number of nitrogens with zero attached hydrogens (tertiary/aromatic N) is 3. The zero-order valence-electron chi connectivity index (χ0n) is 20.8. The Labute approximate surface area is 220 Å². The van der Waals surface area contributed by atoms with E-state index in [9.17, 15) is 13.2 Å². The third-order valence-electron chi connectivity index (χ3n) is 6.74. The predicted molar refractivity (Wildman–Crippen MR) is 143 cm³/mol. The standard InChI is InChI=1S/C27H28N6O4S/c1-37-23-7-5-19-6-8-24(15-21(19)14-23)38(35,36)33(17-22-9-11-30-31-22)25-10-12-32(27(25)34)16-18-3-2-4-20(13-18)26(28)29/h2-9,11,13-15,25H,10,12,16-17H2,1H3,(H3,28,29)(H,30,31)/t25-/m0/s1. The summed E-state index contributed by atoms with van der Waals surface area (Å²) in [7, 11) is -2.51. The van der Waals surface area contributed by atoms with Gasteiger partial charge in [-0.2, -0.15) is 9.40 Å². The van der Waals surface area contributed by atoms with E-state index in [1.165, 1.54) is 4.31 Å². The molecule has 0 saturated carbocycles. The minimum absolute atomic E-state index is 0.0252. The van der Waals surface area contributed by atoms with Gasteiger partial charge in [0.05, 0.1) is 24.2 Å². The van der Waals surface area contributed by atoms with Crippen LogP contribution >= 0.6 is 0 Å². The number of amides is 1. The average Bonchev–Trinajstić information content (AvgIpc) is 3.56. The molecule has 2 heterocycles. The summed E-state index contributed by atoms with van der Waals surface area (Å²) in [5.41, 5.74) is 7.58. The van der Waals surface area contributed by atoms with Crippen molar-refractivity contribution in [3.05, 3.63) is 89.7 Å². The lowest BCUT2D eigenvalue weighted by Gasteiger charge is -2.27. The number of benzene rings is 3. The molecule has 0 bridgehead atoms. The lowest BCUT2D eigenvalue weighted by atomic mass is 10.1. The normalized spacial score (nSPS) is 15.9. The number of nitrogens with one attached hydrogen (secondary N) is 2. The van der Waals surface area contributed by atoms with E-state index >= 15 is 0 Å². The number of nitrogen functional groups attached to an aromatic ring is 1. The first-order chi connectivity index (χ1) is 18.3. The summed E-state index contributed by atoms with van der Waals surface area (Å²) in [5, 5.41) is 16.0. The number of methoxy groups -OCH3 is 1. The van der Waals surface area contributed by atoms with Gasteiger partial charge in [0, 0.05) is 24.8 Å². The SMILES string of the molecule is COc1ccc2ccc(S(=O)(=O)N(Cc3ccn[nH]3)[C@H]3CCN(Cc4cccc(C(=N)N)c4)C3=O)cc2c1. The molecule has 3 aromatic carbocycles. The summed E-state index contributed by atoms with van der Waals surface area (Å²) >= 11 is 0. The van der Waals surface area contributed by atoms with Gasteiger partial charge < -0.3 is 15.4 Å². The smallest absolute Gasteiger partial charge is 0.244 e. The van der Waals surface area contributed by atoms with E-state index in [4.69, 9.17) is 15.9 Å². The van der Waals surface area contributed by atoms with Crippen molar-refractivity contribution >= 4 is 32.5 Å². The number of sulfonamides is 1. The molecule has 1 atom stereocenters. The first-order valence-electron chi connectivity index (χ1n) is 12.1. The molecule has 0 aliphatic carbocycles. The highest BCUT2D eigenvalue weighted by Gasteiger charge is 2.42. The molecule has 0 radical (unpaired) electrons. The number of hydrogen-bond acceptors (Lipinski definition) is 6. The van der Waals surface area contributed by atoms with Crippen LogP contribution < -0.4 is 10.5 Å². The summed E-state index contributed by atoms with van der Waals surface area (Å²) in [6.45, 7) is 0.671. The fourth-order valence-electron chi connectivity index (χ4n) is 4.73. The van der Waals surface area contributed by atoms with Crippen molar-refractivity contribution in [1.82, 2.24) is 19.4 Å². The molecule has 10 nitrogen and oxygen atoms in total. The molecule has 4 N–H and O–H groups in total. The molecule has 0 unspecified atom stereocenters. The average molecular weight is 533 g/mol. The van der Waals surface area contributed by atoms with Crippen LogP contribution in [0.4, 0.5) is 0 Å². The highest BCUT2D eigenvalue weighted by molar-refractivity contribution is 7.89. The van der Waals surface area contributed by atoms with E-state index in [-0.39, 0.29) is 23.2 Å². The molecule has 38 heavy (non-hydrogen) atoms. The second-order valence-corrected chi connectivity index (χ2v) is 11.1. The van der Waals surface area contributed by atoms with Crippen molar-refractivity contribution < 1.29 is 17.9 Å². The van der Waals surface area contributed by atoms with E-state index in [2.05, 4.69) is 10.2 Å². The summed E-state index contributed by atoms with van der Waals surface area (Å²) in [6.07, 6.45) is 1.90.